The van der Waals surface area contributed by atoms with Gasteiger partial charge in [0.15, 0.2) is 0 Å². The molecule has 1 fully saturated rings. The predicted octanol–water partition coefficient (Wildman–Crippen LogP) is 3.96. The zero-order chi connectivity index (χ0) is 17.7. The molecule has 0 amide bonds. The van der Waals surface area contributed by atoms with Crippen LogP contribution in [0, 0.1) is 0 Å². The molecule has 4 nitrogen and oxygen atoms in total. The van der Waals surface area contributed by atoms with Crippen LogP contribution >= 0.6 is 11.6 Å². The van der Waals surface area contributed by atoms with Crippen molar-refractivity contribution in [3.8, 4) is 0 Å². The minimum absolute atomic E-state index is 0.207. The summed E-state index contributed by atoms with van der Waals surface area (Å²) in [6.45, 7) is 2.58. The molecule has 5 heteroatoms. The van der Waals surface area contributed by atoms with Gasteiger partial charge in [-0.3, -0.25) is 4.90 Å². The van der Waals surface area contributed by atoms with Gasteiger partial charge in [-0.05, 0) is 42.7 Å². The highest BCUT2D eigenvalue weighted by Crippen LogP contribution is 2.29. The van der Waals surface area contributed by atoms with E-state index in [2.05, 4.69) is 34.5 Å². The van der Waals surface area contributed by atoms with E-state index in [1.165, 1.54) is 12.7 Å². The van der Waals surface area contributed by atoms with Gasteiger partial charge in [0.1, 0.15) is 5.54 Å². The number of nitrogens with zero attached hydrogens (tertiary/aromatic N) is 1. The maximum Gasteiger partial charge on any atom is 0.331 e. The topological polar surface area (TPSA) is 41.6 Å². The molecule has 0 spiro atoms. The molecule has 1 N–H and O–H groups in total. The first-order valence-electron chi connectivity index (χ1n) is 8.50. The third-order valence-corrected chi connectivity index (χ3v) is 5.01. The van der Waals surface area contributed by atoms with Crippen molar-refractivity contribution >= 4 is 23.3 Å². The monoisotopic (exact) mass is 358 g/mol. The summed E-state index contributed by atoms with van der Waals surface area (Å²) in [5, 5.41) is 4.07. The van der Waals surface area contributed by atoms with Crippen LogP contribution in [0.2, 0.25) is 5.02 Å². The number of hydrogen-bond donors (Lipinski definition) is 1. The number of rotatable bonds is 5. The average molecular weight is 359 g/mol. The molecule has 1 heterocycles. The van der Waals surface area contributed by atoms with E-state index < -0.39 is 5.54 Å². The number of ether oxygens (including phenoxy) is 1. The van der Waals surface area contributed by atoms with Crippen LogP contribution in [-0.2, 0) is 16.1 Å². The van der Waals surface area contributed by atoms with E-state index >= 15 is 0 Å². The Morgan fingerprint density at radius 2 is 1.76 bits per heavy atom. The second-order valence-electron chi connectivity index (χ2n) is 6.47. The SMILES string of the molecule is COC(=O)C1(Nc2ccc(Cl)cc2)CCN(Cc2ccccc2)CC1. The van der Waals surface area contributed by atoms with E-state index in [9.17, 15) is 4.79 Å². The van der Waals surface area contributed by atoms with Crippen LogP contribution in [0.15, 0.2) is 54.6 Å². The summed E-state index contributed by atoms with van der Waals surface area (Å²) >= 11 is 5.95. The van der Waals surface area contributed by atoms with Gasteiger partial charge in [0.05, 0.1) is 7.11 Å². The second-order valence-corrected chi connectivity index (χ2v) is 6.90. The first-order chi connectivity index (χ1) is 12.1. The molecular formula is C20H23ClN2O2. The van der Waals surface area contributed by atoms with Gasteiger partial charge < -0.3 is 10.1 Å². The molecule has 0 saturated carbocycles. The molecular weight excluding hydrogens is 336 g/mol. The summed E-state index contributed by atoms with van der Waals surface area (Å²) in [4.78, 5) is 14.9. The number of likely N-dealkylation sites (tertiary alicyclic amines) is 1. The fraction of sp³-hybridized carbons (Fsp3) is 0.350. The highest BCUT2D eigenvalue weighted by atomic mass is 35.5. The third-order valence-electron chi connectivity index (χ3n) is 4.76. The van der Waals surface area contributed by atoms with Gasteiger partial charge >= 0.3 is 5.97 Å². The number of nitrogens with one attached hydrogen (secondary N) is 1. The molecule has 1 aliphatic rings. The first kappa shape index (κ1) is 17.8. The second kappa shape index (κ2) is 7.89. The van der Waals surface area contributed by atoms with Gasteiger partial charge in [-0.2, -0.15) is 0 Å². The Balaban J connectivity index is 1.68. The quantitative estimate of drug-likeness (QED) is 0.821. The van der Waals surface area contributed by atoms with Crippen LogP contribution in [0.4, 0.5) is 5.69 Å². The van der Waals surface area contributed by atoms with Crippen molar-refractivity contribution < 1.29 is 9.53 Å². The Kier molecular flexibility index (Phi) is 5.61. The lowest BCUT2D eigenvalue weighted by Gasteiger charge is -2.40. The molecule has 1 saturated heterocycles. The molecule has 0 aromatic heterocycles. The van der Waals surface area contributed by atoms with Gasteiger partial charge in [-0.25, -0.2) is 4.79 Å². The van der Waals surface area contributed by atoms with Crippen molar-refractivity contribution in [2.45, 2.75) is 24.9 Å². The van der Waals surface area contributed by atoms with E-state index in [1.807, 2.05) is 30.3 Å². The number of carbonyl (C=O) groups excluding carboxylic acids is 1. The summed E-state index contributed by atoms with van der Waals surface area (Å²) in [6.07, 6.45) is 1.41. The summed E-state index contributed by atoms with van der Waals surface area (Å²) in [7, 11) is 1.45. The number of esters is 1. The molecule has 0 atom stereocenters. The lowest BCUT2D eigenvalue weighted by atomic mass is 9.86. The summed E-state index contributed by atoms with van der Waals surface area (Å²) in [5.74, 6) is -0.207. The molecule has 0 bridgehead atoms. The fourth-order valence-corrected chi connectivity index (χ4v) is 3.45. The Morgan fingerprint density at radius 3 is 2.36 bits per heavy atom. The smallest absolute Gasteiger partial charge is 0.331 e. The fourth-order valence-electron chi connectivity index (χ4n) is 3.32. The molecule has 132 valence electrons. The molecule has 0 unspecified atom stereocenters. The lowest BCUT2D eigenvalue weighted by Crippen LogP contribution is -2.54. The van der Waals surface area contributed by atoms with Gasteiger partial charge in [0.25, 0.3) is 0 Å². The number of methoxy groups -OCH3 is 1. The number of anilines is 1. The first-order valence-corrected chi connectivity index (χ1v) is 8.87. The number of carbonyl (C=O) groups is 1. The van der Waals surface area contributed by atoms with Crippen molar-refractivity contribution in [2.75, 3.05) is 25.5 Å². The van der Waals surface area contributed by atoms with Crippen LogP contribution in [0.5, 0.6) is 0 Å². The van der Waals surface area contributed by atoms with E-state index in [0.29, 0.717) is 17.9 Å². The minimum Gasteiger partial charge on any atom is -0.467 e. The van der Waals surface area contributed by atoms with E-state index in [4.69, 9.17) is 16.3 Å². The molecule has 2 aromatic carbocycles. The van der Waals surface area contributed by atoms with Crippen LogP contribution in [0.25, 0.3) is 0 Å². The van der Waals surface area contributed by atoms with Gasteiger partial charge in [-0.1, -0.05) is 41.9 Å². The highest BCUT2D eigenvalue weighted by Gasteiger charge is 2.42. The minimum atomic E-state index is -0.685. The van der Waals surface area contributed by atoms with Crippen molar-refractivity contribution in [3.63, 3.8) is 0 Å². The Hall–Kier alpha value is -2.04. The van der Waals surface area contributed by atoms with Crippen LogP contribution in [0.1, 0.15) is 18.4 Å². The van der Waals surface area contributed by atoms with E-state index in [1.54, 1.807) is 0 Å². The summed E-state index contributed by atoms with van der Waals surface area (Å²) < 4.78 is 5.10. The van der Waals surface area contributed by atoms with Crippen molar-refractivity contribution in [1.82, 2.24) is 4.90 Å². The highest BCUT2D eigenvalue weighted by molar-refractivity contribution is 6.30. The molecule has 2 aromatic rings. The maximum atomic E-state index is 12.5. The zero-order valence-electron chi connectivity index (χ0n) is 14.4. The van der Waals surface area contributed by atoms with Crippen molar-refractivity contribution in [3.05, 3.63) is 65.2 Å². The average Bonchev–Trinajstić information content (AvgIpc) is 2.65. The number of piperidine rings is 1. The number of halogens is 1. The van der Waals surface area contributed by atoms with Gasteiger partial charge in [-0.15, -0.1) is 0 Å². The molecule has 1 aliphatic heterocycles. The summed E-state index contributed by atoms with van der Waals surface area (Å²) in [5.41, 5.74) is 1.49. The Bertz CT molecular complexity index is 695. The number of benzene rings is 2. The van der Waals surface area contributed by atoms with Crippen molar-refractivity contribution in [2.24, 2.45) is 0 Å². The van der Waals surface area contributed by atoms with Crippen molar-refractivity contribution in [1.29, 1.82) is 0 Å². The van der Waals surface area contributed by atoms with E-state index in [0.717, 1.165) is 25.3 Å². The van der Waals surface area contributed by atoms with Crippen LogP contribution < -0.4 is 5.32 Å². The predicted molar refractivity (Wildman–Crippen MR) is 101 cm³/mol. The van der Waals surface area contributed by atoms with E-state index in [-0.39, 0.29) is 5.97 Å². The zero-order valence-corrected chi connectivity index (χ0v) is 15.1. The lowest BCUT2D eigenvalue weighted by molar-refractivity contribution is -0.147. The normalized spacial score (nSPS) is 17.0. The Morgan fingerprint density at radius 1 is 1.12 bits per heavy atom. The largest absolute Gasteiger partial charge is 0.467 e. The molecule has 3 rings (SSSR count). The third kappa shape index (κ3) is 4.33. The Labute approximate surface area is 153 Å². The van der Waals surface area contributed by atoms with Gasteiger partial charge in [0.2, 0.25) is 0 Å². The maximum absolute atomic E-state index is 12.5. The molecule has 0 aliphatic carbocycles. The summed E-state index contributed by atoms with van der Waals surface area (Å²) in [6, 6.07) is 17.8. The standard InChI is InChI=1S/C20H23ClN2O2/c1-25-19(24)20(22-18-9-7-17(21)8-10-18)11-13-23(14-12-20)15-16-5-3-2-4-6-16/h2-10,22H,11-15H2,1H3. The van der Waals surface area contributed by atoms with Gasteiger partial charge in [0, 0.05) is 30.3 Å². The molecule has 25 heavy (non-hydrogen) atoms. The van der Waals surface area contributed by atoms with Crippen LogP contribution in [-0.4, -0.2) is 36.6 Å². The molecule has 0 radical (unpaired) electrons. The van der Waals surface area contributed by atoms with Crippen LogP contribution in [0.3, 0.4) is 0 Å². The number of hydrogen-bond acceptors (Lipinski definition) is 4.